The van der Waals surface area contributed by atoms with Gasteiger partial charge in [-0.05, 0) is 23.5 Å². The van der Waals surface area contributed by atoms with Gasteiger partial charge in [0.15, 0.2) is 16.6 Å². The van der Waals surface area contributed by atoms with Crippen LogP contribution in [-0.4, -0.2) is 27.8 Å². The number of methoxy groups -OCH3 is 1. The highest BCUT2D eigenvalue weighted by Crippen LogP contribution is 2.34. The lowest BCUT2D eigenvalue weighted by atomic mass is 10.2. The van der Waals surface area contributed by atoms with Crippen molar-refractivity contribution < 1.29 is 4.74 Å². The van der Waals surface area contributed by atoms with Gasteiger partial charge in [0.1, 0.15) is 0 Å². The van der Waals surface area contributed by atoms with E-state index < -0.39 is 0 Å². The smallest absolute Gasteiger partial charge is 0.197 e. The molecule has 2 aromatic rings. The molecule has 0 unspecified atom stereocenters. The van der Waals surface area contributed by atoms with Crippen LogP contribution in [-0.2, 0) is 13.5 Å². The number of rotatable bonds is 5. The quantitative estimate of drug-likeness (QED) is 0.835. The summed E-state index contributed by atoms with van der Waals surface area (Å²) in [6.07, 6.45) is 4.76. The van der Waals surface area contributed by atoms with Crippen LogP contribution in [0.4, 0.5) is 10.8 Å². The van der Waals surface area contributed by atoms with Crippen LogP contribution in [0.1, 0.15) is 5.56 Å². The second-order valence-corrected chi connectivity index (χ2v) is 4.40. The molecule has 2 aromatic heterocycles. The SMILES string of the molecule is COc1c(N)nsc1NCCc1cnn(C)c1. The zero-order valence-corrected chi connectivity index (χ0v) is 10.6. The van der Waals surface area contributed by atoms with Gasteiger partial charge in [-0.15, -0.1) is 0 Å². The Bertz CT molecular complexity index is 493. The third kappa shape index (κ3) is 2.68. The molecule has 0 aromatic carbocycles. The second-order valence-electron chi connectivity index (χ2n) is 3.63. The molecule has 92 valence electrons. The second kappa shape index (κ2) is 5.05. The van der Waals surface area contributed by atoms with Crippen molar-refractivity contribution in [2.24, 2.45) is 7.05 Å². The van der Waals surface area contributed by atoms with Crippen LogP contribution in [0, 0.1) is 0 Å². The summed E-state index contributed by atoms with van der Waals surface area (Å²) >= 11 is 1.31. The molecule has 0 saturated carbocycles. The molecule has 0 radical (unpaired) electrons. The summed E-state index contributed by atoms with van der Waals surface area (Å²) in [6, 6.07) is 0. The number of anilines is 2. The molecule has 0 spiro atoms. The van der Waals surface area contributed by atoms with E-state index in [9.17, 15) is 0 Å². The van der Waals surface area contributed by atoms with E-state index in [1.54, 1.807) is 11.8 Å². The van der Waals surface area contributed by atoms with Crippen LogP contribution in [0.25, 0.3) is 0 Å². The number of aryl methyl sites for hydroxylation is 1. The summed E-state index contributed by atoms with van der Waals surface area (Å²) in [4.78, 5) is 0. The van der Waals surface area contributed by atoms with E-state index >= 15 is 0 Å². The Morgan fingerprint density at radius 1 is 1.59 bits per heavy atom. The Kier molecular flexibility index (Phi) is 3.48. The molecule has 2 rings (SSSR count). The van der Waals surface area contributed by atoms with Gasteiger partial charge in [-0.2, -0.15) is 9.47 Å². The standard InChI is InChI=1S/C10H15N5OS/c1-15-6-7(5-13-15)3-4-12-10-8(16-2)9(11)14-17-10/h5-6,12H,3-4H2,1-2H3,(H2,11,14). The lowest BCUT2D eigenvalue weighted by Crippen LogP contribution is -2.04. The first kappa shape index (κ1) is 11.7. The van der Waals surface area contributed by atoms with Crippen molar-refractivity contribution in [3.8, 4) is 5.75 Å². The maximum atomic E-state index is 5.66. The molecule has 0 fully saturated rings. The molecule has 0 aliphatic carbocycles. The van der Waals surface area contributed by atoms with E-state index in [4.69, 9.17) is 10.5 Å². The molecule has 7 heteroatoms. The molecule has 0 aliphatic heterocycles. The fraction of sp³-hybridized carbons (Fsp3) is 0.400. The number of hydrogen-bond donors (Lipinski definition) is 2. The van der Waals surface area contributed by atoms with Crippen LogP contribution in [0.2, 0.25) is 0 Å². The van der Waals surface area contributed by atoms with Gasteiger partial charge in [0.25, 0.3) is 0 Å². The number of ether oxygens (including phenoxy) is 1. The predicted molar refractivity (Wildman–Crippen MR) is 68.5 cm³/mol. The van der Waals surface area contributed by atoms with Crippen LogP contribution in [0.3, 0.4) is 0 Å². The van der Waals surface area contributed by atoms with E-state index in [0.717, 1.165) is 18.0 Å². The molecule has 0 amide bonds. The largest absolute Gasteiger partial charge is 0.490 e. The summed E-state index contributed by atoms with van der Waals surface area (Å²) in [7, 11) is 3.50. The van der Waals surface area contributed by atoms with E-state index in [2.05, 4.69) is 14.8 Å². The Labute approximate surface area is 104 Å². The van der Waals surface area contributed by atoms with E-state index in [-0.39, 0.29) is 0 Å². The summed E-state index contributed by atoms with van der Waals surface area (Å²) in [5, 5.41) is 8.24. The number of aromatic nitrogens is 3. The lowest BCUT2D eigenvalue weighted by molar-refractivity contribution is 0.419. The van der Waals surface area contributed by atoms with Crippen LogP contribution < -0.4 is 15.8 Å². The normalized spacial score (nSPS) is 10.5. The summed E-state index contributed by atoms with van der Waals surface area (Å²) < 4.78 is 11.0. The van der Waals surface area contributed by atoms with Crippen molar-refractivity contribution in [1.29, 1.82) is 0 Å². The van der Waals surface area contributed by atoms with Crippen LogP contribution >= 0.6 is 11.5 Å². The monoisotopic (exact) mass is 253 g/mol. The van der Waals surface area contributed by atoms with E-state index in [0.29, 0.717) is 11.6 Å². The van der Waals surface area contributed by atoms with E-state index in [1.807, 2.05) is 19.4 Å². The van der Waals surface area contributed by atoms with Crippen molar-refractivity contribution in [3.05, 3.63) is 18.0 Å². The molecule has 0 saturated heterocycles. The summed E-state index contributed by atoms with van der Waals surface area (Å²) in [6.45, 7) is 0.795. The van der Waals surface area contributed by atoms with Crippen molar-refractivity contribution in [2.75, 3.05) is 24.7 Å². The van der Waals surface area contributed by atoms with Crippen molar-refractivity contribution in [3.63, 3.8) is 0 Å². The fourth-order valence-corrected chi connectivity index (χ4v) is 2.24. The molecular formula is C10H15N5OS. The van der Waals surface area contributed by atoms with Crippen LogP contribution in [0.5, 0.6) is 5.75 Å². The Hall–Kier alpha value is -1.76. The molecular weight excluding hydrogens is 238 g/mol. The maximum absolute atomic E-state index is 5.66. The molecule has 17 heavy (non-hydrogen) atoms. The molecule has 0 bridgehead atoms. The van der Waals surface area contributed by atoms with Gasteiger partial charge in [0.05, 0.1) is 13.3 Å². The molecule has 3 N–H and O–H groups in total. The van der Waals surface area contributed by atoms with Gasteiger partial charge >= 0.3 is 0 Å². The Balaban J connectivity index is 1.89. The number of nitrogen functional groups attached to an aromatic ring is 1. The minimum absolute atomic E-state index is 0.432. The third-order valence-corrected chi connectivity index (χ3v) is 3.14. The highest BCUT2D eigenvalue weighted by atomic mass is 32.1. The first-order chi connectivity index (χ1) is 8.20. The maximum Gasteiger partial charge on any atom is 0.197 e. The number of nitrogens with one attached hydrogen (secondary N) is 1. The highest BCUT2D eigenvalue weighted by Gasteiger charge is 2.10. The van der Waals surface area contributed by atoms with Gasteiger partial charge < -0.3 is 15.8 Å². The molecule has 2 heterocycles. The first-order valence-electron chi connectivity index (χ1n) is 5.21. The van der Waals surface area contributed by atoms with Gasteiger partial charge in [0, 0.05) is 19.8 Å². The summed E-state index contributed by atoms with van der Waals surface area (Å²) in [5.41, 5.74) is 6.85. The zero-order valence-electron chi connectivity index (χ0n) is 9.80. The predicted octanol–water partition coefficient (Wildman–Crippen LogP) is 1.12. The molecule has 6 nitrogen and oxygen atoms in total. The van der Waals surface area contributed by atoms with Crippen molar-refractivity contribution >= 4 is 22.4 Å². The minimum Gasteiger partial charge on any atom is -0.490 e. The van der Waals surface area contributed by atoms with Crippen LogP contribution in [0.15, 0.2) is 12.4 Å². The van der Waals surface area contributed by atoms with Crippen molar-refractivity contribution in [2.45, 2.75) is 6.42 Å². The van der Waals surface area contributed by atoms with Gasteiger partial charge in [-0.3, -0.25) is 4.68 Å². The van der Waals surface area contributed by atoms with Gasteiger partial charge in [-0.25, -0.2) is 0 Å². The third-order valence-electron chi connectivity index (χ3n) is 2.34. The number of nitrogens with zero attached hydrogens (tertiary/aromatic N) is 3. The average Bonchev–Trinajstić information content (AvgIpc) is 2.86. The Morgan fingerprint density at radius 3 is 3.06 bits per heavy atom. The summed E-state index contributed by atoms with van der Waals surface area (Å²) in [5.74, 6) is 1.06. The zero-order chi connectivity index (χ0) is 12.3. The number of hydrogen-bond acceptors (Lipinski definition) is 6. The van der Waals surface area contributed by atoms with E-state index in [1.165, 1.54) is 17.1 Å². The fourth-order valence-electron chi connectivity index (χ4n) is 1.53. The Morgan fingerprint density at radius 2 is 2.41 bits per heavy atom. The van der Waals surface area contributed by atoms with Gasteiger partial charge in [0.2, 0.25) is 0 Å². The van der Waals surface area contributed by atoms with Gasteiger partial charge in [-0.1, -0.05) is 0 Å². The minimum atomic E-state index is 0.432. The molecule has 0 aliphatic rings. The molecule has 0 atom stereocenters. The lowest BCUT2D eigenvalue weighted by Gasteiger charge is -2.04. The first-order valence-corrected chi connectivity index (χ1v) is 5.98. The average molecular weight is 253 g/mol. The van der Waals surface area contributed by atoms with Crippen molar-refractivity contribution in [1.82, 2.24) is 14.2 Å². The number of nitrogens with two attached hydrogens (primary N) is 1. The topological polar surface area (TPSA) is 78.0 Å². The highest BCUT2D eigenvalue weighted by molar-refractivity contribution is 7.11.